The van der Waals surface area contributed by atoms with E-state index in [1.807, 2.05) is 6.26 Å². The number of hydrogen-bond donors (Lipinski definition) is 0. The molecule has 0 aliphatic carbocycles. The van der Waals surface area contributed by atoms with Crippen molar-refractivity contribution in [2.24, 2.45) is 0 Å². The van der Waals surface area contributed by atoms with E-state index in [1.165, 1.54) is 128 Å². The van der Waals surface area contributed by atoms with Crippen molar-refractivity contribution in [1.82, 2.24) is 0 Å². The van der Waals surface area contributed by atoms with E-state index in [0.717, 1.165) is 39.1 Å². The second-order valence-corrected chi connectivity index (χ2v) is 10.7. The van der Waals surface area contributed by atoms with Crippen molar-refractivity contribution in [3.8, 4) is 0 Å². The molecule has 222 valence electrons. The molecule has 0 aromatic carbocycles. The first-order valence-corrected chi connectivity index (χ1v) is 16.4. The summed E-state index contributed by atoms with van der Waals surface area (Å²) in [6.07, 6.45) is 33.1. The second kappa shape index (κ2) is 33.4. The van der Waals surface area contributed by atoms with Crippen molar-refractivity contribution in [3.63, 3.8) is 0 Å². The Hall–Kier alpha value is -0.580. The van der Waals surface area contributed by atoms with Gasteiger partial charge in [0.05, 0.1) is 12.9 Å². The highest BCUT2D eigenvalue weighted by atomic mass is 16.7. The van der Waals surface area contributed by atoms with Crippen molar-refractivity contribution < 1.29 is 18.9 Å². The Balaban J connectivity index is 3.53. The second-order valence-electron chi connectivity index (χ2n) is 10.7. The molecule has 0 aliphatic heterocycles. The molecule has 0 aromatic heterocycles. The Labute approximate surface area is 232 Å². The summed E-state index contributed by atoms with van der Waals surface area (Å²) < 4.78 is 23.1. The average Bonchev–Trinajstić information content (AvgIpc) is 2.91. The van der Waals surface area contributed by atoms with Crippen LogP contribution in [0, 0.1) is 0 Å². The van der Waals surface area contributed by atoms with Crippen LogP contribution >= 0.6 is 0 Å². The van der Waals surface area contributed by atoms with Crippen LogP contribution in [-0.4, -0.2) is 32.9 Å². The lowest BCUT2D eigenvalue weighted by atomic mass is 10.1. The molecule has 0 saturated heterocycles. The van der Waals surface area contributed by atoms with E-state index < -0.39 is 0 Å². The molecule has 0 unspecified atom stereocenters. The summed E-state index contributed by atoms with van der Waals surface area (Å²) in [6, 6.07) is 0. The molecule has 0 rings (SSSR count). The fourth-order valence-corrected chi connectivity index (χ4v) is 4.43. The highest BCUT2D eigenvalue weighted by Crippen LogP contribution is 2.15. The number of unbranched alkanes of at least 4 members (excludes halogenated alkanes) is 18. The molecule has 0 radical (unpaired) electrons. The summed E-state index contributed by atoms with van der Waals surface area (Å²) in [5.41, 5.74) is 0. The van der Waals surface area contributed by atoms with E-state index in [1.54, 1.807) is 0 Å². The molecule has 0 amide bonds. The van der Waals surface area contributed by atoms with E-state index in [0.29, 0.717) is 6.79 Å². The number of rotatable bonds is 32. The van der Waals surface area contributed by atoms with Gasteiger partial charge in [-0.1, -0.05) is 124 Å². The van der Waals surface area contributed by atoms with Crippen LogP contribution in [0.4, 0.5) is 0 Å². The van der Waals surface area contributed by atoms with Crippen LogP contribution in [0.5, 0.6) is 0 Å². The number of hydrogen-bond acceptors (Lipinski definition) is 4. The van der Waals surface area contributed by atoms with E-state index in [4.69, 9.17) is 18.9 Å². The minimum Gasteiger partial charge on any atom is -0.475 e. The first-order valence-electron chi connectivity index (χ1n) is 16.4. The van der Waals surface area contributed by atoms with E-state index >= 15 is 0 Å². The van der Waals surface area contributed by atoms with Gasteiger partial charge in [0.2, 0.25) is 0 Å². The van der Waals surface area contributed by atoms with Crippen LogP contribution in [-0.2, 0) is 18.9 Å². The Morgan fingerprint density at radius 1 is 0.486 bits per heavy atom. The molecule has 0 heterocycles. The lowest BCUT2D eigenvalue weighted by Crippen LogP contribution is -2.19. The van der Waals surface area contributed by atoms with E-state index in [2.05, 4.69) is 26.8 Å². The zero-order valence-electron chi connectivity index (χ0n) is 25.5. The third kappa shape index (κ3) is 31.5. The molecule has 0 bridgehead atoms. The molecular formula is C33H66O4. The summed E-state index contributed by atoms with van der Waals surface area (Å²) in [5.74, 6) is 0. The highest BCUT2D eigenvalue weighted by Gasteiger charge is 2.09. The van der Waals surface area contributed by atoms with Gasteiger partial charge in [-0.2, -0.15) is 0 Å². The van der Waals surface area contributed by atoms with Crippen molar-refractivity contribution >= 4 is 0 Å². The maximum Gasteiger partial charge on any atom is 0.188 e. The Bertz CT molecular complexity index is 413. The van der Waals surface area contributed by atoms with Crippen molar-refractivity contribution in [2.45, 2.75) is 175 Å². The number of ether oxygens (including phenoxy) is 4. The Morgan fingerprint density at radius 2 is 0.946 bits per heavy atom. The van der Waals surface area contributed by atoms with Crippen LogP contribution in [0.2, 0.25) is 0 Å². The first kappa shape index (κ1) is 36.4. The van der Waals surface area contributed by atoms with Gasteiger partial charge in [-0.05, 0) is 51.0 Å². The molecule has 0 aromatic rings. The lowest BCUT2D eigenvalue weighted by Gasteiger charge is -2.19. The fourth-order valence-electron chi connectivity index (χ4n) is 4.43. The maximum atomic E-state index is 6.09. The predicted octanol–water partition coefficient (Wildman–Crippen LogP) is 10.9. The SMILES string of the molecule is CCCCCCOCOC=CCCCCCCCCCCCC(OCCCCCC)OCCCCCC. The van der Waals surface area contributed by atoms with Gasteiger partial charge >= 0.3 is 0 Å². The summed E-state index contributed by atoms with van der Waals surface area (Å²) in [4.78, 5) is 0. The minimum absolute atomic E-state index is 0.0192. The lowest BCUT2D eigenvalue weighted by molar-refractivity contribution is -0.148. The van der Waals surface area contributed by atoms with Gasteiger partial charge in [0, 0.05) is 13.2 Å². The number of allylic oxidation sites excluding steroid dienone is 1. The van der Waals surface area contributed by atoms with Crippen molar-refractivity contribution in [1.29, 1.82) is 0 Å². The van der Waals surface area contributed by atoms with Crippen LogP contribution in [0.15, 0.2) is 12.3 Å². The maximum absolute atomic E-state index is 6.09. The summed E-state index contributed by atoms with van der Waals surface area (Å²) >= 11 is 0. The molecule has 0 saturated carbocycles. The summed E-state index contributed by atoms with van der Waals surface area (Å²) in [7, 11) is 0. The van der Waals surface area contributed by atoms with Gasteiger partial charge < -0.3 is 18.9 Å². The molecule has 4 heteroatoms. The predicted molar refractivity (Wildman–Crippen MR) is 160 cm³/mol. The molecular weight excluding hydrogens is 460 g/mol. The van der Waals surface area contributed by atoms with Crippen LogP contribution < -0.4 is 0 Å². The molecule has 4 nitrogen and oxygen atoms in total. The van der Waals surface area contributed by atoms with Gasteiger partial charge in [-0.15, -0.1) is 0 Å². The zero-order chi connectivity index (χ0) is 26.9. The van der Waals surface area contributed by atoms with Gasteiger partial charge in [0.25, 0.3) is 0 Å². The quantitative estimate of drug-likeness (QED) is 0.0496. The van der Waals surface area contributed by atoms with Crippen LogP contribution in [0.1, 0.15) is 168 Å². The topological polar surface area (TPSA) is 36.9 Å². The molecule has 0 atom stereocenters. The van der Waals surface area contributed by atoms with Crippen molar-refractivity contribution in [3.05, 3.63) is 12.3 Å². The normalized spacial score (nSPS) is 11.8. The van der Waals surface area contributed by atoms with Gasteiger partial charge in [-0.3, -0.25) is 0 Å². The third-order valence-corrected chi connectivity index (χ3v) is 6.90. The molecule has 0 spiro atoms. The van der Waals surface area contributed by atoms with Crippen molar-refractivity contribution in [2.75, 3.05) is 26.6 Å². The summed E-state index contributed by atoms with van der Waals surface area (Å²) in [5, 5.41) is 0. The van der Waals surface area contributed by atoms with Gasteiger partial charge in [0.1, 0.15) is 0 Å². The summed E-state index contributed by atoms with van der Waals surface area (Å²) in [6.45, 7) is 9.66. The molecule has 37 heavy (non-hydrogen) atoms. The van der Waals surface area contributed by atoms with Crippen LogP contribution in [0.3, 0.4) is 0 Å². The molecule has 0 N–H and O–H groups in total. The van der Waals surface area contributed by atoms with Crippen LogP contribution in [0.25, 0.3) is 0 Å². The first-order chi connectivity index (χ1) is 18.3. The largest absolute Gasteiger partial charge is 0.475 e. The average molecular weight is 527 g/mol. The smallest absolute Gasteiger partial charge is 0.188 e. The third-order valence-electron chi connectivity index (χ3n) is 6.90. The standard InChI is InChI=1S/C33H66O4/c1-4-7-10-23-28-34-32-35-29-24-21-19-17-15-13-14-16-18-20-22-27-33(36-30-25-11-8-5-2)37-31-26-12-9-6-3/h24,29,33H,4-23,25-28,30-32H2,1-3H3. The zero-order valence-corrected chi connectivity index (χ0v) is 25.5. The van der Waals surface area contributed by atoms with E-state index in [-0.39, 0.29) is 6.29 Å². The minimum atomic E-state index is 0.0192. The van der Waals surface area contributed by atoms with Gasteiger partial charge in [0.15, 0.2) is 13.1 Å². The van der Waals surface area contributed by atoms with Gasteiger partial charge in [-0.25, -0.2) is 0 Å². The molecule has 0 fully saturated rings. The van der Waals surface area contributed by atoms with E-state index in [9.17, 15) is 0 Å². The molecule has 0 aliphatic rings. The fraction of sp³-hybridized carbons (Fsp3) is 0.939. The Kier molecular flexibility index (Phi) is 32.9. The monoisotopic (exact) mass is 526 g/mol. The highest BCUT2D eigenvalue weighted by molar-refractivity contribution is 4.72. The Morgan fingerprint density at radius 3 is 1.49 bits per heavy atom.